The van der Waals surface area contributed by atoms with Crippen molar-refractivity contribution in [2.45, 2.75) is 64.8 Å². The van der Waals surface area contributed by atoms with Gasteiger partial charge in [0, 0.05) is 11.5 Å². The average Bonchev–Trinajstić information content (AvgIpc) is 3.24. The number of nitrogens with one attached hydrogen (secondary N) is 2. The number of rotatable bonds is 6. The highest BCUT2D eigenvalue weighted by molar-refractivity contribution is 5.89. The van der Waals surface area contributed by atoms with E-state index in [2.05, 4.69) is 43.5 Å². The molecular weight excluding hydrogens is 440 g/mol. The molecule has 7 heteroatoms. The van der Waals surface area contributed by atoms with Crippen LogP contribution in [0.5, 0.6) is 0 Å². The number of hydrogen-bond acceptors (Lipinski definition) is 4. The molecule has 184 valence electrons. The molecule has 7 nitrogen and oxygen atoms in total. The summed E-state index contributed by atoms with van der Waals surface area (Å²) in [6.07, 6.45) is 3.17. The van der Waals surface area contributed by atoms with Crippen molar-refractivity contribution >= 4 is 17.8 Å². The average molecular weight is 475 g/mol. The Morgan fingerprint density at radius 3 is 2.69 bits per heavy atom. The van der Waals surface area contributed by atoms with Gasteiger partial charge in [-0.05, 0) is 55.0 Å². The van der Waals surface area contributed by atoms with Crippen LogP contribution in [0.4, 0.5) is 10.6 Å². The molecule has 0 radical (unpaired) electrons. The molecule has 2 amide bonds. The molecule has 35 heavy (non-hydrogen) atoms. The van der Waals surface area contributed by atoms with Gasteiger partial charge in [0.1, 0.15) is 5.82 Å². The van der Waals surface area contributed by atoms with Crippen molar-refractivity contribution in [2.24, 2.45) is 0 Å². The van der Waals surface area contributed by atoms with Gasteiger partial charge in [-0.25, -0.2) is 9.48 Å². The van der Waals surface area contributed by atoms with Gasteiger partial charge < -0.3 is 10.1 Å². The van der Waals surface area contributed by atoms with E-state index in [1.54, 1.807) is 11.6 Å². The van der Waals surface area contributed by atoms with Crippen LogP contribution < -0.4 is 10.6 Å². The lowest BCUT2D eigenvalue weighted by atomic mass is 9.88. The van der Waals surface area contributed by atoms with E-state index in [1.807, 2.05) is 42.5 Å². The number of aromatic nitrogens is 2. The van der Waals surface area contributed by atoms with E-state index in [0.717, 1.165) is 36.2 Å². The first kappa shape index (κ1) is 24.5. The number of nitrogens with zero attached hydrogens (tertiary/aromatic N) is 2. The molecule has 0 aliphatic heterocycles. The molecule has 0 saturated heterocycles. The van der Waals surface area contributed by atoms with Crippen LogP contribution in [0.3, 0.4) is 0 Å². The minimum atomic E-state index is -0.272. The number of aryl methyl sites for hydroxylation is 1. The number of esters is 1. The maximum absolute atomic E-state index is 13.1. The molecule has 1 aromatic heterocycles. The third kappa shape index (κ3) is 5.91. The topological polar surface area (TPSA) is 85.2 Å². The van der Waals surface area contributed by atoms with Crippen LogP contribution in [0.1, 0.15) is 69.0 Å². The van der Waals surface area contributed by atoms with Gasteiger partial charge in [0.25, 0.3) is 0 Å². The summed E-state index contributed by atoms with van der Waals surface area (Å²) in [5.74, 6) is 0.302. The molecule has 1 aliphatic rings. The Labute approximate surface area is 206 Å². The SMILES string of the molecule is CCOC(=O)Cc1cccc(-n2nc(C(C)(C)C)cc2NC(=O)NC2CCCc3ccccc32)c1. The fourth-order valence-corrected chi connectivity index (χ4v) is 4.42. The molecular formula is C28H34N4O3. The summed E-state index contributed by atoms with van der Waals surface area (Å²) in [6.45, 7) is 8.39. The second-order valence-corrected chi connectivity index (χ2v) is 9.97. The fourth-order valence-electron chi connectivity index (χ4n) is 4.42. The lowest BCUT2D eigenvalue weighted by Crippen LogP contribution is -2.34. The molecule has 0 spiro atoms. The summed E-state index contributed by atoms with van der Waals surface area (Å²) >= 11 is 0. The highest BCUT2D eigenvalue weighted by Crippen LogP contribution is 2.30. The predicted octanol–water partition coefficient (Wildman–Crippen LogP) is 5.47. The summed E-state index contributed by atoms with van der Waals surface area (Å²) in [5.41, 5.74) is 4.71. The smallest absolute Gasteiger partial charge is 0.320 e. The van der Waals surface area contributed by atoms with Crippen LogP contribution in [-0.4, -0.2) is 28.4 Å². The maximum Gasteiger partial charge on any atom is 0.320 e. The van der Waals surface area contributed by atoms with E-state index >= 15 is 0 Å². The van der Waals surface area contributed by atoms with Gasteiger partial charge >= 0.3 is 12.0 Å². The van der Waals surface area contributed by atoms with Gasteiger partial charge in [0.15, 0.2) is 0 Å². The zero-order valence-corrected chi connectivity index (χ0v) is 20.9. The van der Waals surface area contributed by atoms with E-state index < -0.39 is 0 Å². The molecule has 2 N–H and O–H groups in total. The number of ether oxygens (including phenoxy) is 1. The van der Waals surface area contributed by atoms with E-state index in [9.17, 15) is 9.59 Å². The van der Waals surface area contributed by atoms with Crippen LogP contribution in [0.25, 0.3) is 5.69 Å². The largest absolute Gasteiger partial charge is 0.466 e. The number of carbonyl (C=O) groups excluding carboxylic acids is 2. The number of benzene rings is 2. The molecule has 0 bridgehead atoms. The summed E-state index contributed by atoms with van der Waals surface area (Å²) in [6, 6.07) is 17.5. The Kier molecular flexibility index (Phi) is 7.24. The highest BCUT2D eigenvalue weighted by Gasteiger charge is 2.24. The van der Waals surface area contributed by atoms with Crippen LogP contribution in [-0.2, 0) is 27.8 Å². The molecule has 2 aromatic carbocycles. The third-order valence-corrected chi connectivity index (χ3v) is 6.20. The molecule has 0 fully saturated rings. The van der Waals surface area contributed by atoms with Crippen molar-refractivity contribution in [3.8, 4) is 5.69 Å². The predicted molar refractivity (Wildman–Crippen MR) is 137 cm³/mol. The summed E-state index contributed by atoms with van der Waals surface area (Å²) in [7, 11) is 0. The molecule has 1 unspecified atom stereocenters. The number of hydrogen-bond donors (Lipinski definition) is 2. The van der Waals surface area contributed by atoms with Crippen LogP contribution in [0, 0.1) is 0 Å². The van der Waals surface area contributed by atoms with Crippen molar-refractivity contribution in [3.05, 3.63) is 77.0 Å². The Morgan fingerprint density at radius 2 is 1.91 bits per heavy atom. The van der Waals surface area contributed by atoms with Crippen molar-refractivity contribution < 1.29 is 14.3 Å². The van der Waals surface area contributed by atoms with E-state index in [0.29, 0.717) is 12.4 Å². The summed E-state index contributed by atoms with van der Waals surface area (Å²) in [5, 5.41) is 11.0. The standard InChI is InChI=1S/C28H34N4O3/c1-5-35-26(33)17-19-10-8-13-21(16-19)32-25(18-24(31-32)28(2,3)4)30-27(34)29-23-15-9-12-20-11-6-7-14-22(20)23/h6-8,10-11,13-14,16,18,23H,5,9,12,15,17H2,1-4H3,(H2,29,30,34). The van der Waals surface area contributed by atoms with Crippen molar-refractivity contribution in [1.82, 2.24) is 15.1 Å². The number of carbonyl (C=O) groups is 2. The van der Waals surface area contributed by atoms with Crippen LogP contribution >= 0.6 is 0 Å². The first-order chi connectivity index (χ1) is 16.7. The molecule has 4 rings (SSSR count). The Hall–Kier alpha value is -3.61. The monoisotopic (exact) mass is 474 g/mol. The summed E-state index contributed by atoms with van der Waals surface area (Å²) < 4.78 is 6.81. The molecule has 1 aliphatic carbocycles. The van der Waals surface area contributed by atoms with Gasteiger partial charge in [0.2, 0.25) is 0 Å². The fraction of sp³-hybridized carbons (Fsp3) is 0.393. The normalized spacial score (nSPS) is 15.3. The van der Waals surface area contributed by atoms with E-state index in [1.165, 1.54) is 11.1 Å². The number of amides is 2. The van der Waals surface area contributed by atoms with Gasteiger partial charge in [0.05, 0.1) is 30.5 Å². The number of anilines is 1. The lowest BCUT2D eigenvalue weighted by Gasteiger charge is -2.26. The molecule has 1 atom stereocenters. The number of urea groups is 1. The summed E-state index contributed by atoms with van der Waals surface area (Å²) in [4.78, 5) is 25.1. The van der Waals surface area contributed by atoms with Gasteiger partial charge in [-0.1, -0.05) is 57.2 Å². The van der Waals surface area contributed by atoms with Gasteiger partial charge in [-0.15, -0.1) is 0 Å². The minimum Gasteiger partial charge on any atom is -0.466 e. The Bertz CT molecular complexity index is 1210. The first-order valence-corrected chi connectivity index (χ1v) is 12.3. The highest BCUT2D eigenvalue weighted by atomic mass is 16.5. The first-order valence-electron chi connectivity index (χ1n) is 12.3. The molecule has 3 aromatic rings. The lowest BCUT2D eigenvalue weighted by molar-refractivity contribution is -0.142. The van der Waals surface area contributed by atoms with E-state index in [-0.39, 0.29) is 29.9 Å². The van der Waals surface area contributed by atoms with Crippen molar-refractivity contribution in [1.29, 1.82) is 0 Å². The zero-order chi connectivity index (χ0) is 25.0. The van der Waals surface area contributed by atoms with Gasteiger partial charge in [-0.2, -0.15) is 5.10 Å². The van der Waals surface area contributed by atoms with Crippen LogP contribution in [0.15, 0.2) is 54.6 Å². The minimum absolute atomic E-state index is 0.0219. The number of fused-ring (bicyclic) bond motifs is 1. The quantitative estimate of drug-likeness (QED) is 0.464. The third-order valence-electron chi connectivity index (χ3n) is 6.20. The zero-order valence-electron chi connectivity index (χ0n) is 20.9. The Morgan fingerprint density at radius 1 is 1.11 bits per heavy atom. The van der Waals surface area contributed by atoms with Crippen molar-refractivity contribution in [3.63, 3.8) is 0 Å². The van der Waals surface area contributed by atoms with Crippen LogP contribution in [0.2, 0.25) is 0 Å². The second-order valence-electron chi connectivity index (χ2n) is 9.97. The molecule has 0 saturated carbocycles. The van der Waals surface area contributed by atoms with Crippen molar-refractivity contribution in [2.75, 3.05) is 11.9 Å². The van der Waals surface area contributed by atoms with E-state index in [4.69, 9.17) is 9.84 Å². The van der Waals surface area contributed by atoms with Gasteiger partial charge in [-0.3, -0.25) is 10.1 Å². The molecule has 1 heterocycles. The maximum atomic E-state index is 13.1. The second kappa shape index (κ2) is 10.3. The Balaban J connectivity index is 1.58.